The standard InChI is InChI=1S/C22H26FN5O2.H2O/c1-13-18-9-6-16(23)10-19(18)28(27-13)21-24-11-14(12-25-21)20(29)26-17-7-4-15(5-8-17)22(2,3)30;/h6,9-12,15,17,30H,4-5,7-8H2,1-3H3,(H,26,29);1H2/t15-,17-;. The lowest BCUT2D eigenvalue weighted by Gasteiger charge is -2.36. The summed E-state index contributed by atoms with van der Waals surface area (Å²) in [7, 11) is 0. The van der Waals surface area contributed by atoms with E-state index in [0.29, 0.717) is 11.1 Å². The molecule has 2 heterocycles. The van der Waals surface area contributed by atoms with Crippen LogP contribution >= 0.6 is 0 Å². The van der Waals surface area contributed by atoms with Crippen LogP contribution in [0.2, 0.25) is 0 Å². The second-order valence-electron chi connectivity index (χ2n) is 8.61. The van der Waals surface area contributed by atoms with Crippen LogP contribution in [0, 0.1) is 18.7 Å². The van der Waals surface area contributed by atoms with Gasteiger partial charge >= 0.3 is 0 Å². The van der Waals surface area contributed by atoms with E-state index >= 15 is 0 Å². The van der Waals surface area contributed by atoms with Gasteiger partial charge in [0.15, 0.2) is 0 Å². The third kappa shape index (κ3) is 4.72. The van der Waals surface area contributed by atoms with E-state index in [1.54, 1.807) is 6.07 Å². The number of halogens is 1. The Morgan fingerprint density at radius 1 is 1.19 bits per heavy atom. The molecular formula is C22H28FN5O3. The number of nitrogens with one attached hydrogen (secondary N) is 1. The van der Waals surface area contributed by atoms with Crippen LogP contribution in [-0.2, 0) is 0 Å². The maximum atomic E-state index is 13.7. The van der Waals surface area contributed by atoms with E-state index in [0.717, 1.165) is 36.8 Å². The van der Waals surface area contributed by atoms with E-state index in [2.05, 4.69) is 20.4 Å². The highest BCUT2D eigenvalue weighted by Crippen LogP contribution is 2.32. The predicted molar refractivity (Wildman–Crippen MR) is 114 cm³/mol. The van der Waals surface area contributed by atoms with Crippen LogP contribution in [0.1, 0.15) is 55.6 Å². The summed E-state index contributed by atoms with van der Waals surface area (Å²) in [5.74, 6) is -0.0499. The van der Waals surface area contributed by atoms with Gasteiger partial charge in [-0.3, -0.25) is 4.79 Å². The molecule has 1 aromatic carbocycles. The van der Waals surface area contributed by atoms with Crippen LogP contribution in [0.4, 0.5) is 4.39 Å². The zero-order valence-corrected chi connectivity index (χ0v) is 17.9. The SMILES string of the molecule is Cc1nn(-c2ncc(C(=O)N[C@H]3CC[C@H](C(C)(C)O)CC3)cn2)c2cc(F)ccc12.O. The number of benzene rings is 1. The summed E-state index contributed by atoms with van der Waals surface area (Å²) < 4.78 is 15.2. The fourth-order valence-electron chi connectivity index (χ4n) is 4.16. The molecule has 8 nitrogen and oxygen atoms in total. The van der Waals surface area contributed by atoms with Gasteiger partial charge in [-0.2, -0.15) is 9.78 Å². The summed E-state index contributed by atoms with van der Waals surface area (Å²) >= 11 is 0. The number of hydrogen-bond acceptors (Lipinski definition) is 5. The zero-order valence-electron chi connectivity index (χ0n) is 17.9. The number of hydrogen-bond donors (Lipinski definition) is 2. The second kappa shape index (κ2) is 8.68. The van der Waals surface area contributed by atoms with E-state index in [9.17, 15) is 14.3 Å². The molecule has 0 atom stereocenters. The largest absolute Gasteiger partial charge is 0.412 e. The minimum absolute atomic E-state index is 0. The normalized spacial score (nSPS) is 19.1. The molecule has 1 fully saturated rings. The lowest BCUT2D eigenvalue weighted by atomic mass is 9.77. The molecule has 0 radical (unpaired) electrons. The smallest absolute Gasteiger partial charge is 0.254 e. The van der Waals surface area contributed by atoms with Crippen molar-refractivity contribution in [1.82, 2.24) is 25.1 Å². The van der Waals surface area contributed by atoms with Gasteiger partial charge in [-0.25, -0.2) is 14.4 Å². The molecule has 4 rings (SSSR count). The van der Waals surface area contributed by atoms with Crippen molar-refractivity contribution in [3.8, 4) is 5.95 Å². The van der Waals surface area contributed by atoms with Gasteiger partial charge in [-0.1, -0.05) is 0 Å². The van der Waals surface area contributed by atoms with Crippen molar-refractivity contribution in [2.24, 2.45) is 5.92 Å². The Labute approximate surface area is 179 Å². The summed E-state index contributed by atoms with van der Waals surface area (Å²) in [5.41, 5.74) is 1.00. The molecule has 9 heteroatoms. The maximum Gasteiger partial charge on any atom is 0.254 e. The Bertz CT molecular complexity index is 1070. The van der Waals surface area contributed by atoms with Crippen LogP contribution in [0.5, 0.6) is 0 Å². The number of carbonyl (C=O) groups is 1. The molecular weight excluding hydrogens is 401 g/mol. The second-order valence-corrected chi connectivity index (χ2v) is 8.61. The first-order valence-electron chi connectivity index (χ1n) is 10.2. The Hall–Kier alpha value is -2.91. The van der Waals surface area contributed by atoms with E-state index in [1.165, 1.54) is 29.2 Å². The van der Waals surface area contributed by atoms with Gasteiger partial charge in [0.25, 0.3) is 11.9 Å². The average molecular weight is 429 g/mol. The lowest BCUT2D eigenvalue weighted by molar-refractivity contribution is -0.00257. The molecule has 0 aliphatic heterocycles. The number of carbonyl (C=O) groups excluding carboxylic acids is 1. The summed E-state index contributed by atoms with van der Waals surface area (Å²) in [5, 5.41) is 18.4. The van der Waals surface area contributed by atoms with Gasteiger partial charge in [0, 0.05) is 29.9 Å². The van der Waals surface area contributed by atoms with Crippen molar-refractivity contribution < 1.29 is 19.8 Å². The number of rotatable bonds is 4. The summed E-state index contributed by atoms with van der Waals surface area (Å²) in [6.07, 6.45) is 6.36. The number of aliphatic hydroxyl groups is 1. The Balaban J connectivity index is 0.00000272. The molecule has 31 heavy (non-hydrogen) atoms. The van der Waals surface area contributed by atoms with Crippen molar-refractivity contribution in [2.45, 2.75) is 58.1 Å². The first-order chi connectivity index (χ1) is 14.2. The van der Waals surface area contributed by atoms with Gasteiger partial charge < -0.3 is 15.9 Å². The highest BCUT2D eigenvalue weighted by molar-refractivity contribution is 5.93. The van der Waals surface area contributed by atoms with Crippen LogP contribution < -0.4 is 5.32 Å². The minimum atomic E-state index is -0.684. The van der Waals surface area contributed by atoms with Crippen molar-refractivity contribution >= 4 is 16.8 Å². The fraction of sp³-hybridized carbons (Fsp3) is 0.455. The molecule has 1 aliphatic carbocycles. The molecule has 1 saturated carbocycles. The molecule has 1 aliphatic rings. The highest BCUT2D eigenvalue weighted by Gasteiger charge is 2.31. The van der Waals surface area contributed by atoms with Gasteiger partial charge in [0.1, 0.15) is 5.82 Å². The molecule has 166 valence electrons. The number of fused-ring (bicyclic) bond motifs is 1. The zero-order chi connectivity index (χ0) is 21.5. The topological polar surface area (TPSA) is 124 Å². The third-order valence-corrected chi connectivity index (χ3v) is 5.98. The Kier molecular flexibility index (Phi) is 6.38. The first kappa shape index (κ1) is 22.8. The van der Waals surface area contributed by atoms with Crippen molar-refractivity contribution in [3.05, 3.63) is 47.7 Å². The first-order valence-corrected chi connectivity index (χ1v) is 10.2. The quantitative estimate of drug-likeness (QED) is 0.659. The Morgan fingerprint density at radius 2 is 1.84 bits per heavy atom. The van der Waals surface area contributed by atoms with E-state index in [4.69, 9.17) is 0 Å². The number of nitrogens with zero attached hydrogens (tertiary/aromatic N) is 4. The predicted octanol–water partition coefficient (Wildman–Crippen LogP) is 2.50. The molecule has 0 spiro atoms. The van der Waals surface area contributed by atoms with E-state index in [1.807, 2.05) is 20.8 Å². The summed E-state index contributed by atoms with van der Waals surface area (Å²) in [6.45, 7) is 5.52. The van der Waals surface area contributed by atoms with Gasteiger partial charge in [-0.05, 0) is 64.5 Å². The van der Waals surface area contributed by atoms with Crippen LogP contribution in [0.15, 0.2) is 30.6 Å². The highest BCUT2D eigenvalue weighted by atomic mass is 19.1. The van der Waals surface area contributed by atoms with Gasteiger partial charge in [0.2, 0.25) is 0 Å². The third-order valence-electron chi connectivity index (χ3n) is 5.98. The number of aromatic nitrogens is 4. The molecule has 0 saturated heterocycles. The van der Waals surface area contributed by atoms with Gasteiger partial charge in [0.05, 0.1) is 22.4 Å². The van der Waals surface area contributed by atoms with Gasteiger partial charge in [-0.15, -0.1) is 0 Å². The molecule has 0 bridgehead atoms. The van der Waals surface area contributed by atoms with E-state index < -0.39 is 5.60 Å². The van der Waals surface area contributed by atoms with Crippen LogP contribution in [0.3, 0.4) is 0 Å². The monoisotopic (exact) mass is 429 g/mol. The Morgan fingerprint density at radius 3 is 2.45 bits per heavy atom. The van der Waals surface area contributed by atoms with Crippen molar-refractivity contribution in [3.63, 3.8) is 0 Å². The lowest BCUT2D eigenvalue weighted by Crippen LogP contribution is -2.41. The van der Waals surface area contributed by atoms with Crippen molar-refractivity contribution in [1.29, 1.82) is 0 Å². The molecule has 0 unspecified atom stereocenters. The minimum Gasteiger partial charge on any atom is -0.412 e. The van der Waals surface area contributed by atoms with Crippen molar-refractivity contribution in [2.75, 3.05) is 0 Å². The maximum absolute atomic E-state index is 13.7. The number of aryl methyl sites for hydroxylation is 1. The average Bonchev–Trinajstić information content (AvgIpc) is 3.03. The molecule has 2 aromatic heterocycles. The van der Waals surface area contributed by atoms with Crippen LogP contribution in [-0.4, -0.2) is 47.9 Å². The molecule has 4 N–H and O–H groups in total. The summed E-state index contributed by atoms with van der Waals surface area (Å²) in [6, 6.07) is 4.54. The summed E-state index contributed by atoms with van der Waals surface area (Å²) in [4.78, 5) is 21.1. The number of amides is 1. The van der Waals surface area contributed by atoms with Crippen LogP contribution in [0.25, 0.3) is 16.9 Å². The van der Waals surface area contributed by atoms with E-state index in [-0.39, 0.29) is 35.1 Å². The molecule has 1 amide bonds. The fourth-order valence-corrected chi connectivity index (χ4v) is 4.16. The molecule has 3 aromatic rings.